The summed E-state index contributed by atoms with van der Waals surface area (Å²) in [5, 5.41) is 8.77. The van der Waals surface area contributed by atoms with Gasteiger partial charge in [-0.3, -0.25) is 13.8 Å². The van der Waals surface area contributed by atoms with Crippen LogP contribution in [0.1, 0.15) is 41.5 Å². The number of nitrogens with zero attached hydrogens (tertiary/aromatic N) is 4. The molecular weight excluding hydrogens is 356 g/mol. The third kappa shape index (κ3) is 2.94. The van der Waals surface area contributed by atoms with Gasteiger partial charge in [0.2, 0.25) is 5.78 Å². The van der Waals surface area contributed by atoms with E-state index in [1.807, 2.05) is 24.3 Å². The average molecular weight is 376 g/mol. The fraction of sp³-hybridized carbons (Fsp3) is 0.238. The Morgan fingerprint density at radius 2 is 1.79 bits per heavy atom. The van der Waals surface area contributed by atoms with Crippen molar-refractivity contribution in [3.05, 3.63) is 75.8 Å². The van der Waals surface area contributed by atoms with Gasteiger partial charge in [0.15, 0.2) is 12.4 Å². The number of fused-ring (bicyclic) bond motifs is 3. The Morgan fingerprint density at radius 1 is 1.07 bits per heavy atom. The Balaban J connectivity index is 1.65. The fourth-order valence-electron chi connectivity index (χ4n) is 3.20. The van der Waals surface area contributed by atoms with Crippen molar-refractivity contribution < 1.29 is 9.53 Å². The number of carbonyl (C=O) groups excluding carboxylic acids is 1. The van der Waals surface area contributed by atoms with E-state index in [0.29, 0.717) is 34.0 Å². The van der Waals surface area contributed by atoms with E-state index in [9.17, 15) is 9.59 Å². The molecule has 0 spiro atoms. The molecule has 0 unspecified atom stereocenters. The van der Waals surface area contributed by atoms with Gasteiger partial charge < -0.3 is 4.74 Å². The van der Waals surface area contributed by atoms with E-state index in [1.165, 1.54) is 4.57 Å². The zero-order valence-corrected chi connectivity index (χ0v) is 15.9. The number of hydrogen-bond acceptors (Lipinski definition) is 5. The van der Waals surface area contributed by atoms with E-state index in [-0.39, 0.29) is 12.2 Å². The van der Waals surface area contributed by atoms with Crippen molar-refractivity contribution in [3.8, 4) is 0 Å². The van der Waals surface area contributed by atoms with Crippen molar-refractivity contribution in [1.82, 2.24) is 19.2 Å². The van der Waals surface area contributed by atoms with E-state index in [4.69, 9.17) is 4.74 Å². The van der Waals surface area contributed by atoms with Gasteiger partial charge in [-0.15, -0.1) is 10.2 Å². The maximum absolute atomic E-state index is 12.5. The summed E-state index contributed by atoms with van der Waals surface area (Å²) in [4.78, 5) is 24.9. The SMILES string of the molecule is CC(C)c1ccc(C(=O)OCc2nnc3n(C)c(=O)c4ccccc4n23)cc1. The highest BCUT2D eigenvalue weighted by molar-refractivity contribution is 5.89. The lowest BCUT2D eigenvalue weighted by atomic mass is 10.0. The Hall–Kier alpha value is -3.48. The van der Waals surface area contributed by atoms with E-state index < -0.39 is 5.97 Å². The Morgan fingerprint density at radius 3 is 2.50 bits per heavy atom. The van der Waals surface area contributed by atoms with Gasteiger partial charge in [-0.05, 0) is 35.7 Å². The minimum Gasteiger partial charge on any atom is -0.454 e. The lowest BCUT2D eigenvalue weighted by Gasteiger charge is -2.09. The first-order valence-electron chi connectivity index (χ1n) is 9.06. The topological polar surface area (TPSA) is 78.5 Å². The number of benzene rings is 2. The first kappa shape index (κ1) is 17.9. The highest BCUT2D eigenvalue weighted by atomic mass is 16.5. The molecule has 2 heterocycles. The molecule has 0 atom stereocenters. The summed E-state index contributed by atoms with van der Waals surface area (Å²) in [6.45, 7) is 4.15. The molecule has 0 N–H and O–H groups in total. The Labute approximate surface area is 161 Å². The molecule has 4 rings (SSSR count). The first-order chi connectivity index (χ1) is 13.5. The summed E-state index contributed by atoms with van der Waals surface area (Å²) < 4.78 is 8.63. The monoisotopic (exact) mass is 376 g/mol. The van der Waals surface area contributed by atoms with Gasteiger partial charge in [-0.1, -0.05) is 38.1 Å². The van der Waals surface area contributed by atoms with E-state index in [1.54, 1.807) is 35.7 Å². The molecule has 0 aliphatic carbocycles. The summed E-state index contributed by atoms with van der Waals surface area (Å²) in [6.07, 6.45) is 0. The molecule has 0 saturated carbocycles. The summed E-state index contributed by atoms with van der Waals surface area (Å²) in [7, 11) is 1.64. The second-order valence-electron chi connectivity index (χ2n) is 6.99. The molecule has 2 aromatic carbocycles. The summed E-state index contributed by atoms with van der Waals surface area (Å²) in [5.74, 6) is 0.818. The minimum absolute atomic E-state index is 0.0475. The summed E-state index contributed by atoms with van der Waals surface area (Å²) >= 11 is 0. The van der Waals surface area contributed by atoms with Gasteiger partial charge in [0.25, 0.3) is 5.56 Å². The third-order valence-electron chi connectivity index (χ3n) is 4.84. The lowest BCUT2D eigenvalue weighted by molar-refractivity contribution is 0.0461. The maximum atomic E-state index is 12.5. The Kier molecular flexibility index (Phi) is 4.43. The van der Waals surface area contributed by atoms with Gasteiger partial charge in [0, 0.05) is 7.05 Å². The van der Waals surface area contributed by atoms with Crippen molar-refractivity contribution in [1.29, 1.82) is 0 Å². The van der Waals surface area contributed by atoms with Crippen molar-refractivity contribution in [2.45, 2.75) is 26.4 Å². The highest BCUT2D eigenvalue weighted by Gasteiger charge is 2.16. The van der Waals surface area contributed by atoms with Crippen LogP contribution in [0.2, 0.25) is 0 Å². The normalized spacial score (nSPS) is 11.4. The number of aromatic nitrogens is 4. The zero-order valence-electron chi connectivity index (χ0n) is 15.9. The van der Waals surface area contributed by atoms with Gasteiger partial charge in [-0.2, -0.15) is 0 Å². The predicted octanol–water partition coefficient (Wildman–Crippen LogP) is 3.06. The minimum atomic E-state index is -0.429. The van der Waals surface area contributed by atoms with Crippen LogP contribution in [0.15, 0.2) is 53.3 Å². The van der Waals surface area contributed by atoms with E-state index >= 15 is 0 Å². The number of aryl methyl sites for hydroxylation is 1. The fourth-order valence-corrected chi connectivity index (χ4v) is 3.20. The molecule has 0 bridgehead atoms. The molecule has 0 saturated heterocycles. The molecule has 2 aromatic heterocycles. The molecule has 142 valence electrons. The second-order valence-corrected chi connectivity index (χ2v) is 6.99. The van der Waals surface area contributed by atoms with Gasteiger partial charge in [0.05, 0.1) is 16.5 Å². The van der Waals surface area contributed by atoms with Crippen LogP contribution in [-0.4, -0.2) is 25.1 Å². The molecule has 0 aliphatic heterocycles. The van der Waals surface area contributed by atoms with Crippen molar-refractivity contribution in [2.24, 2.45) is 7.05 Å². The van der Waals surface area contributed by atoms with E-state index in [2.05, 4.69) is 24.0 Å². The summed E-state index contributed by atoms with van der Waals surface area (Å²) in [6, 6.07) is 14.6. The summed E-state index contributed by atoms with van der Waals surface area (Å²) in [5.41, 5.74) is 2.17. The Bertz CT molecular complexity index is 1240. The molecule has 0 aliphatic rings. The molecule has 28 heavy (non-hydrogen) atoms. The molecule has 0 amide bonds. The number of hydrogen-bond donors (Lipinski definition) is 0. The van der Waals surface area contributed by atoms with Crippen LogP contribution in [0.4, 0.5) is 0 Å². The number of carbonyl (C=O) groups is 1. The van der Waals surface area contributed by atoms with Crippen LogP contribution < -0.4 is 5.56 Å². The van der Waals surface area contributed by atoms with Crippen molar-refractivity contribution in [2.75, 3.05) is 0 Å². The number of ether oxygens (including phenoxy) is 1. The maximum Gasteiger partial charge on any atom is 0.338 e. The predicted molar refractivity (Wildman–Crippen MR) is 105 cm³/mol. The van der Waals surface area contributed by atoms with Crippen molar-refractivity contribution in [3.63, 3.8) is 0 Å². The van der Waals surface area contributed by atoms with Gasteiger partial charge in [-0.25, -0.2) is 4.79 Å². The third-order valence-corrected chi connectivity index (χ3v) is 4.84. The molecule has 7 nitrogen and oxygen atoms in total. The van der Waals surface area contributed by atoms with Crippen LogP contribution >= 0.6 is 0 Å². The molecule has 4 aromatic rings. The average Bonchev–Trinajstić information content (AvgIpc) is 3.14. The van der Waals surface area contributed by atoms with Crippen LogP contribution in [0, 0.1) is 0 Å². The highest BCUT2D eigenvalue weighted by Crippen LogP contribution is 2.17. The largest absolute Gasteiger partial charge is 0.454 e. The number of para-hydroxylation sites is 1. The van der Waals surface area contributed by atoms with Gasteiger partial charge >= 0.3 is 5.97 Å². The standard InChI is InChI=1S/C21H20N4O3/c1-13(2)14-8-10-15(11-9-14)20(27)28-12-18-22-23-21-24(3)19(26)16-6-4-5-7-17(16)25(18)21/h4-11,13H,12H2,1-3H3. The first-order valence-corrected chi connectivity index (χ1v) is 9.06. The second kappa shape index (κ2) is 6.92. The quantitative estimate of drug-likeness (QED) is 0.512. The molecular formula is C21H20N4O3. The molecule has 7 heteroatoms. The van der Waals surface area contributed by atoms with Crippen LogP contribution in [0.25, 0.3) is 16.7 Å². The molecule has 0 radical (unpaired) electrons. The number of rotatable bonds is 4. The zero-order chi connectivity index (χ0) is 19.8. The van der Waals surface area contributed by atoms with Crippen molar-refractivity contribution >= 4 is 22.6 Å². The smallest absolute Gasteiger partial charge is 0.338 e. The van der Waals surface area contributed by atoms with Crippen LogP contribution in [0.5, 0.6) is 0 Å². The number of esters is 1. The van der Waals surface area contributed by atoms with Gasteiger partial charge in [0.1, 0.15) is 0 Å². The van der Waals surface area contributed by atoms with Crippen LogP contribution in [0.3, 0.4) is 0 Å². The van der Waals surface area contributed by atoms with E-state index in [0.717, 1.165) is 5.56 Å². The van der Waals surface area contributed by atoms with Crippen LogP contribution in [-0.2, 0) is 18.4 Å². The lowest BCUT2D eigenvalue weighted by Crippen LogP contribution is -2.20. The molecule has 0 fully saturated rings.